The number of ketones is 1. The van der Waals surface area contributed by atoms with Crippen molar-refractivity contribution in [3.8, 4) is 0 Å². The Labute approximate surface area is 191 Å². The molecule has 0 saturated heterocycles. The average Bonchev–Trinajstić information content (AvgIpc) is 3.42. The number of aryl methyl sites for hydroxylation is 3. The second-order valence-electron chi connectivity index (χ2n) is 10.7. The first-order valence-corrected chi connectivity index (χ1v) is 11.8. The Balaban J connectivity index is 1.77. The smallest absolute Gasteiger partial charge is 0.304 e. The number of carbonyl (C=O) groups is 2. The first kappa shape index (κ1) is 24.2. The van der Waals surface area contributed by atoms with Crippen LogP contribution in [-0.4, -0.2) is 22.0 Å². The van der Waals surface area contributed by atoms with Crippen molar-refractivity contribution in [1.82, 2.24) is 5.16 Å². The molecule has 0 spiro atoms. The molecule has 0 radical (unpaired) electrons. The summed E-state index contributed by atoms with van der Waals surface area (Å²) in [5, 5.41) is 13.9. The summed E-state index contributed by atoms with van der Waals surface area (Å²) in [5.41, 5.74) is 5.31. The lowest BCUT2D eigenvalue weighted by atomic mass is 9.87. The molecule has 0 aliphatic heterocycles. The van der Waals surface area contributed by atoms with Gasteiger partial charge in [-0.15, -0.1) is 0 Å². The van der Waals surface area contributed by atoms with Crippen LogP contribution in [0.2, 0.25) is 0 Å². The van der Waals surface area contributed by atoms with E-state index in [-0.39, 0.29) is 24.0 Å². The number of aliphatic carboxylic acids is 1. The van der Waals surface area contributed by atoms with E-state index < -0.39 is 11.9 Å². The Hall–Kier alpha value is -2.43. The summed E-state index contributed by atoms with van der Waals surface area (Å²) in [4.78, 5) is 24.6. The standard InChI is InChI=1S/C27H37NO4/c1-17-8-9-20(18(2)13-17)14-22(29)15-21(16-24(30)31)26-25(19-10-11-19)23(32-28-26)7-6-12-27(3,4)5/h8-9,13,19,21H,6-7,10-12,14-16H2,1-5H3,(H,30,31). The molecule has 1 aromatic carbocycles. The van der Waals surface area contributed by atoms with Crippen molar-refractivity contribution in [2.75, 3.05) is 0 Å². The number of carboxylic acids is 1. The summed E-state index contributed by atoms with van der Waals surface area (Å²) >= 11 is 0. The van der Waals surface area contributed by atoms with Gasteiger partial charge in [-0.1, -0.05) is 49.7 Å². The molecule has 32 heavy (non-hydrogen) atoms. The Bertz CT molecular complexity index is 963. The van der Waals surface area contributed by atoms with Crippen LogP contribution in [-0.2, 0) is 22.4 Å². The molecule has 5 heteroatoms. The molecule has 1 N–H and O–H groups in total. The van der Waals surface area contributed by atoms with E-state index in [9.17, 15) is 14.7 Å². The largest absolute Gasteiger partial charge is 0.481 e. The number of hydrogen-bond acceptors (Lipinski definition) is 4. The number of carboxylic acid groups (broad SMARTS) is 1. The van der Waals surface area contributed by atoms with Crippen LogP contribution in [0.4, 0.5) is 0 Å². The summed E-state index contributed by atoms with van der Waals surface area (Å²) in [7, 11) is 0. The fourth-order valence-electron chi connectivity index (χ4n) is 4.49. The van der Waals surface area contributed by atoms with E-state index in [1.807, 2.05) is 26.0 Å². The predicted octanol–water partition coefficient (Wildman–Crippen LogP) is 6.30. The van der Waals surface area contributed by atoms with Crippen LogP contribution in [0.25, 0.3) is 0 Å². The Morgan fingerprint density at radius 2 is 1.91 bits per heavy atom. The van der Waals surface area contributed by atoms with Crippen molar-refractivity contribution < 1.29 is 19.2 Å². The molecule has 3 rings (SSSR count). The lowest BCUT2D eigenvalue weighted by Crippen LogP contribution is -2.15. The molecule has 1 aliphatic rings. The van der Waals surface area contributed by atoms with E-state index >= 15 is 0 Å². The molecule has 174 valence electrons. The van der Waals surface area contributed by atoms with E-state index in [1.165, 1.54) is 0 Å². The van der Waals surface area contributed by atoms with E-state index in [2.05, 4.69) is 32.0 Å². The molecule has 1 fully saturated rings. The number of carbonyl (C=O) groups excluding carboxylic acids is 1. The lowest BCUT2D eigenvalue weighted by Gasteiger charge is -2.17. The molecule has 1 heterocycles. The van der Waals surface area contributed by atoms with Crippen LogP contribution in [0.3, 0.4) is 0 Å². The topological polar surface area (TPSA) is 80.4 Å². The minimum Gasteiger partial charge on any atom is -0.481 e. The summed E-state index contributed by atoms with van der Waals surface area (Å²) in [6.07, 6.45) is 5.45. The van der Waals surface area contributed by atoms with E-state index in [4.69, 9.17) is 4.52 Å². The highest BCUT2D eigenvalue weighted by molar-refractivity contribution is 5.83. The Morgan fingerprint density at radius 3 is 2.50 bits per heavy atom. The zero-order chi connectivity index (χ0) is 23.5. The van der Waals surface area contributed by atoms with Gasteiger partial charge in [-0.3, -0.25) is 9.59 Å². The molecule has 5 nitrogen and oxygen atoms in total. The van der Waals surface area contributed by atoms with Crippen LogP contribution in [0.1, 0.15) is 105 Å². The minimum atomic E-state index is -0.909. The molecule has 1 aromatic heterocycles. The molecule has 1 unspecified atom stereocenters. The zero-order valence-corrected chi connectivity index (χ0v) is 20.2. The van der Waals surface area contributed by atoms with Crippen molar-refractivity contribution in [3.63, 3.8) is 0 Å². The number of aromatic nitrogens is 1. The third-order valence-electron chi connectivity index (χ3n) is 6.31. The molecule has 2 aromatic rings. The Morgan fingerprint density at radius 1 is 1.19 bits per heavy atom. The number of Topliss-reactive ketones (excluding diaryl/α,β-unsaturated/α-hetero) is 1. The second kappa shape index (κ2) is 10.0. The third kappa shape index (κ3) is 6.78. The molecule has 0 amide bonds. The fraction of sp³-hybridized carbons (Fsp3) is 0.593. The maximum absolute atomic E-state index is 12.9. The second-order valence-corrected chi connectivity index (χ2v) is 10.7. The molecular weight excluding hydrogens is 402 g/mol. The van der Waals surface area contributed by atoms with Gasteiger partial charge >= 0.3 is 5.97 Å². The van der Waals surface area contributed by atoms with Gasteiger partial charge < -0.3 is 9.63 Å². The molecule has 1 aliphatic carbocycles. The lowest BCUT2D eigenvalue weighted by molar-refractivity contribution is -0.137. The molecular formula is C27H37NO4. The highest BCUT2D eigenvalue weighted by atomic mass is 16.5. The molecule has 1 atom stereocenters. The van der Waals surface area contributed by atoms with Crippen LogP contribution in [0.5, 0.6) is 0 Å². The van der Waals surface area contributed by atoms with E-state index in [0.717, 1.165) is 60.1 Å². The normalized spacial score (nSPS) is 15.0. The Kier molecular flexibility index (Phi) is 7.58. The van der Waals surface area contributed by atoms with Gasteiger partial charge in [0.15, 0.2) is 0 Å². The van der Waals surface area contributed by atoms with Gasteiger partial charge in [0.2, 0.25) is 0 Å². The van der Waals surface area contributed by atoms with Gasteiger partial charge in [-0.2, -0.15) is 0 Å². The van der Waals surface area contributed by atoms with Crippen LogP contribution in [0, 0.1) is 19.3 Å². The van der Waals surface area contributed by atoms with Gasteiger partial charge in [0.05, 0.1) is 12.1 Å². The minimum absolute atomic E-state index is 0.0437. The van der Waals surface area contributed by atoms with Gasteiger partial charge in [0, 0.05) is 30.7 Å². The number of hydrogen-bond donors (Lipinski definition) is 1. The first-order chi connectivity index (χ1) is 15.0. The summed E-state index contributed by atoms with van der Waals surface area (Å²) < 4.78 is 5.75. The monoisotopic (exact) mass is 439 g/mol. The van der Waals surface area contributed by atoms with Crippen LogP contribution < -0.4 is 0 Å². The quantitative estimate of drug-likeness (QED) is 0.444. The van der Waals surface area contributed by atoms with Gasteiger partial charge in [0.25, 0.3) is 0 Å². The average molecular weight is 440 g/mol. The van der Waals surface area contributed by atoms with E-state index in [1.54, 1.807) is 0 Å². The van der Waals surface area contributed by atoms with Crippen molar-refractivity contribution in [2.24, 2.45) is 5.41 Å². The molecule has 1 saturated carbocycles. The maximum atomic E-state index is 12.9. The van der Waals surface area contributed by atoms with Crippen molar-refractivity contribution >= 4 is 11.8 Å². The van der Waals surface area contributed by atoms with Gasteiger partial charge in [-0.05, 0) is 62.0 Å². The maximum Gasteiger partial charge on any atom is 0.304 e. The third-order valence-corrected chi connectivity index (χ3v) is 6.31. The van der Waals surface area contributed by atoms with E-state index in [0.29, 0.717) is 18.0 Å². The van der Waals surface area contributed by atoms with Crippen LogP contribution >= 0.6 is 0 Å². The number of nitrogens with zero attached hydrogens (tertiary/aromatic N) is 1. The SMILES string of the molecule is Cc1ccc(CC(=O)CC(CC(=O)O)c2noc(CCCC(C)(C)C)c2C2CC2)c(C)c1. The molecule has 0 bridgehead atoms. The van der Waals surface area contributed by atoms with Crippen molar-refractivity contribution in [2.45, 2.75) is 97.8 Å². The first-order valence-electron chi connectivity index (χ1n) is 11.8. The predicted molar refractivity (Wildman–Crippen MR) is 125 cm³/mol. The fourth-order valence-corrected chi connectivity index (χ4v) is 4.49. The number of rotatable bonds is 11. The van der Waals surface area contributed by atoms with Crippen LogP contribution in [0.15, 0.2) is 22.7 Å². The summed E-state index contributed by atoms with van der Waals surface area (Å²) in [5.74, 6) is -0.0207. The van der Waals surface area contributed by atoms with Crippen molar-refractivity contribution in [1.29, 1.82) is 0 Å². The summed E-state index contributed by atoms with van der Waals surface area (Å²) in [6, 6.07) is 6.08. The number of benzene rings is 1. The van der Waals surface area contributed by atoms with Crippen molar-refractivity contribution in [3.05, 3.63) is 51.9 Å². The van der Waals surface area contributed by atoms with Gasteiger partial charge in [0.1, 0.15) is 11.5 Å². The highest BCUT2D eigenvalue weighted by Crippen LogP contribution is 2.46. The zero-order valence-electron chi connectivity index (χ0n) is 20.2. The summed E-state index contributed by atoms with van der Waals surface area (Å²) in [6.45, 7) is 10.7. The van der Waals surface area contributed by atoms with Gasteiger partial charge in [-0.25, -0.2) is 0 Å². The highest BCUT2D eigenvalue weighted by Gasteiger charge is 2.36.